The molecule has 0 atom stereocenters. The highest BCUT2D eigenvalue weighted by Crippen LogP contribution is 2.21. The number of nitrogens with one attached hydrogen (secondary N) is 3. The van der Waals surface area contributed by atoms with Crippen LogP contribution in [0.15, 0.2) is 21.4 Å². The Hall–Kier alpha value is -1.77. The summed E-state index contributed by atoms with van der Waals surface area (Å²) in [5.41, 5.74) is 1.01. The van der Waals surface area contributed by atoms with Crippen molar-refractivity contribution in [1.82, 2.24) is 14.9 Å². The van der Waals surface area contributed by atoms with Gasteiger partial charge in [0.2, 0.25) is 0 Å². The monoisotopic (exact) mass is 391 g/mol. The number of piperazine rings is 1. The van der Waals surface area contributed by atoms with Gasteiger partial charge in [0.05, 0.1) is 31.7 Å². The van der Waals surface area contributed by atoms with Gasteiger partial charge in [0.15, 0.2) is 4.77 Å². The fourth-order valence-corrected chi connectivity index (χ4v) is 3.95. The topological polar surface area (TPSA) is 89.7 Å². The lowest BCUT2D eigenvalue weighted by atomic mass is 9.97. The Morgan fingerprint density at radius 1 is 1.33 bits per heavy atom. The molecular formula is C19H29N5O2S. The Kier molecular flexibility index (Phi) is 7.37. The SMILES string of the molecule is O=c1[nH]c(=S)n(CCC2=CCCCC2)c([O-])c1C=NCC[NH+]1CCNCC1. The fourth-order valence-electron chi connectivity index (χ4n) is 3.68. The molecule has 3 rings (SSSR count). The van der Waals surface area contributed by atoms with E-state index in [2.05, 4.69) is 21.4 Å². The minimum atomic E-state index is -0.448. The Morgan fingerprint density at radius 3 is 2.89 bits per heavy atom. The first-order valence-electron chi connectivity index (χ1n) is 9.91. The minimum Gasteiger partial charge on any atom is -0.859 e. The lowest BCUT2D eigenvalue weighted by Gasteiger charge is -2.23. The molecular weight excluding hydrogens is 362 g/mol. The molecule has 1 aromatic heterocycles. The fraction of sp³-hybridized carbons (Fsp3) is 0.632. The van der Waals surface area contributed by atoms with Crippen LogP contribution in [0.2, 0.25) is 0 Å². The molecule has 0 unspecified atom stereocenters. The van der Waals surface area contributed by atoms with Gasteiger partial charge in [-0.05, 0) is 50.2 Å². The highest BCUT2D eigenvalue weighted by atomic mass is 32.1. The quantitative estimate of drug-likeness (QED) is 0.341. The van der Waals surface area contributed by atoms with E-state index in [-0.39, 0.29) is 16.2 Å². The smallest absolute Gasteiger partial charge is 0.259 e. The lowest BCUT2D eigenvalue weighted by Crippen LogP contribution is -3.15. The second-order valence-electron chi connectivity index (χ2n) is 7.27. The molecule has 0 spiro atoms. The first-order valence-corrected chi connectivity index (χ1v) is 10.3. The maximum atomic E-state index is 12.7. The van der Waals surface area contributed by atoms with Crippen molar-refractivity contribution in [2.75, 3.05) is 39.3 Å². The average molecular weight is 392 g/mol. The van der Waals surface area contributed by atoms with E-state index in [0.29, 0.717) is 13.1 Å². The molecule has 0 radical (unpaired) electrons. The summed E-state index contributed by atoms with van der Waals surface area (Å²) >= 11 is 5.21. The number of H-pyrrole nitrogens is 1. The van der Waals surface area contributed by atoms with Crippen molar-refractivity contribution in [3.63, 3.8) is 0 Å². The second-order valence-corrected chi connectivity index (χ2v) is 7.66. The number of aromatic amines is 1. The molecule has 0 aromatic carbocycles. The molecule has 0 bridgehead atoms. The first-order chi connectivity index (χ1) is 13.1. The summed E-state index contributed by atoms with van der Waals surface area (Å²) in [5.74, 6) is -0.335. The molecule has 1 aliphatic carbocycles. The van der Waals surface area contributed by atoms with Crippen LogP contribution in [0.5, 0.6) is 5.88 Å². The summed E-state index contributed by atoms with van der Waals surface area (Å²) in [4.78, 5) is 20.6. The predicted octanol–water partition coefficient (Wildman–Crippen LogP) is -0.223. The summed E-state index contributed by atoms with van der Waals surface area (Å²) in [6.45, 7) is 6.26. The van der Waals surface area contributed by atoms with Crippen molar-refractivity contribution >= 4 is 18.4 Å². The van der Waals surface area contributed by atoms with Crippen LogP contribution in [0.1, 0.15) is 37.7 Å². The molecule has 8 heteroatoms. The first kappa shape index (κ1) is 20.0. The molecule has 2 heterocycles. The molecule has 0 amide bonds. The van der Waals surface area contributed by atoms with Gasteiger partial charge < -0.3 is 19.9 Å². The third-order valence-corrected chi connectivity index (χ3v) is 5.68. The average Bonchev–Trinajstić information content (AvgIpc) is 2.68. The van der Waals surface area contributed by atoms with Crippen LogP contribution in [0, 0.1) is 4.77 Å². The molecule has 27 heavy (non-hydrogen) atoms. The molecule has 7 nitrogen and oxygen atoms in total. The van der Waals surface area contributed by atoms with Gasteiger partial charge >= 0.3 is 0 Å². The highest BCUT2D eigenvalue weighted by molar-refractivity contribution is 7.71. The van der Waals surface area contributed by atoms with Gasteiger partial charge in [0.25, 0.3) is 5.56 Å². The third kappa shape index (κ3) is 5.60. The highest BCUT2D eigenvalue weighted by Gasteiger charge is 2.11. The van der Waals surface area contributed by atoms with Gasteiger partial charge in [-0.2, -0.15) is 0 Å². The van der Waals surface area contributed by atoms with Gasteiger partial charge in [-0.3, -0.25) is 14.8 Å². The minimum absolute atomic E-state index is 0.0801. The van der Waals surface area contributed by atoms with Gasteiger partial charge in [0, 0.05) is 25.8 Å². The molecule has 0 saturated carbocycles. The van der Waals surface area contributed by atoms with Crippen LogP contribution in [0.4, 0.5) is 0 Å². The van der Waals surface area contributed by atoms with Crippen LogP contribution in [0.25, 0.3) is 0 Å². The van der Waals surface area contributed by atoms with Crippen molar-refractivity contribution < 1.29 is 10.0 Å². The van der Waals surface area contributed by atoms with E-state index in [0.717, 1.165) is 52.0 Å². The van der Waals surface area contributed by atoms with Gasteiger partial charge in [-0.15, -0.1) is 0 Å². The number of aromatic nitrogens is 2. The zero-order valence-corrected chi connectivity index (χ0v) is 16.6. The molecule has 3 N–H and O–H groups in total. The molecule has 1 aliphatic heterocycles. The van der Waals surface area contributed by atoms with Crippen LogP contribution >= 0.6 is 12.2 Å². The Bertz CT molecular complexity index is 805. The molecule has 148 valence electrons. The van der Waals surface area contributed by atoms with Gasteiger partial charge in [-0.1, -0.05) is 11.6 Å². The maximum absolute atomic E-state index is 12.7. The second kappa shape index (κ2) is 9.96. The van der Waals surface area contributed by atoms with Crippen LogP contribution in [-0.2, 0) is 6.54 Å². The number of nitrogens with zero attached hydrogens (tertiary/aromatic N) is 2. The van der Waals surface area contributed by atoms with E-state index < -0.39 is 5.56 Å². The van der Waals surface area contributed by atoms with Gasteiger partial charge in [0.1, 0.15) is 0 Å². The Balaban J connectivity index is 1.65. The normalized spacial score (nSPS) is 18.7. The maximum Gasteiger partial charge on any atom is 0.259 e. The largest absolute Gasteiger partial charge is 0.859 e. The van der Waals surface area contributed by atoms with Crippen LogP contribution < -0.4 is 20.9 Å². The molecule has 1 aromatic rings. The zero-order chi connectivity index (χ0) is 19.1. The number of rotatable bonds is 7. The number of aliphatic imine (C=N–C) groups is 1. The summed E-state index contributed by atoms with van der Waals surface area (Å²) in [7, 11) is 0. The van der Waals surface area contributed by atoms with Crippen molar-refractivity contribution in [2.45, 2.75) is 38.6 Å². The number of allylic oxidation sites excluding steroid dienone is 2. The lowest BCUT2D eigenvalue weighted by molar-refractivity contribution is -0.900. The van der Waals surface area contributed by atoms with Crippen molar-refractivity contribution in [1.29, 1.82) is 0 Å². The molecule has 1 fully saturated rings. The van der Waals surface area contributed by atoms with Gasteiger partial charge in [-0.25, -0.2) is 0 Å². The van der Waals surface area contributed by atoms with Crippen molar-refractivity contribution in [3.8, 4) is 5.88 Å². The Labute approximate surface area is 164 Å². The zero-order valence-electron chi connectivity index (χ0n) is 15.8. The number of quaternary nitrogens is 1. The van der Waals surface area contributed by atoms with Crippen LogP contribution in [0.3, 0.4) is 0 Å². The van der Waals surface area contributed by atoms with E-state index >= 15 is 0 Å². The molecule has 1 saturated heterocycles. The summed E-state index contributed by atoms with van der Waals surface area (Å²) < 4.78 is 1.69. The summed E-state index contributed by atoms with van der Waals surface area (Å²) in [5, 5.41) is 16.1. The van der Waals surface area contributed by atoms with Crippen molar-refractivity contribution in [3.05, 3.63) is 32.3 Å². The van der Waals surface area contributed by atoms with E-state index in [1.165, 1.54) is 34.1 Å². The number of hydrogen-bond acceptors (Lipinski definition) is 5. The molecule has 2 aliphatic rings. The summed E-state index contributed by atoms with van der Waals surface area (Å²) in [6, 6.07) is 0. The van der Waals surface area contributed by atoms with E-state index in [1.54, 1.807) is 0 Å². The Morgan fingerprint density at radius 2 is 2.15 bits per heavy atom. The summed E-state index contributed by atoms with van der Waals surface area (Å²) in [6.07, 6.45) is 9.15. The standard InChI is InChI=1S/C19H29N5O2S/c25-17-16(14-21-9-13-23-11-7-20-8-12-23)18(26)24(19(27)22-17)10-6-15-4-2-1-3-5-15/h4,14,20,26H,1-3,5-13H2,(H,22,25,27). The van der Waals surface area contributed by atoms with Crippen molar-refractivity contribution in [2.24, 2.45) is 4.99 Å². The number of hydrogen-bond donors (Lipinski definition) is 3. The van der Waals surface area contributed by atoms with E-state index in [4.69, 9.17) is 12.2 Å². The third-order valence-electron chi connectivity index (χ3n) is 5.35. The van der Waals surface area contributed by atoms with Crippen LogP contribution in [-0.4, -0.2) is 55.0 Å². The van der Waals surface area contributed by atoms with E-state index in [9.17, 15) is 9.90 Å². The van der Waals surface area contributed by atoms with E-state index in [1.807, 2.05) is 0 Å². The predicted molar refractivity (Wildman–Crippen MR) is 107 cm³/mol.